The Morgan fingerprint density at radius 3 is 2.61 bits per heavy atom. The summed E-state index contributed by atoms with van der Waals surface area (Å²) in [6, 6.07) is 3.12. The molecule has 0 radical (unpaired) electrons. The van der Waals surface area contributed by atoms with Gasteiger partial charge in [0, 0.05) is 6.07 Å². The Balaban J connectivity index is 2.17. The van der Waals surface area contributed by atoms with Gasteiger partial charge in [0.2, 0.25) is 0 Å². The average molecular weight is 266 g/mol. The van der Waals surface area contributed by atoms with Crippen molar-refractivity contribution in [2.75, 3.05) is 5.32 Å². The first-order valence-corrected chi connectivity index (χ1v) is 5.87. The molecule has 0 aliphatic carbocycles. The Morgan fingerprint density at radius 2 is 2.11 bits per heavy atom. The number of nitrogens with one attached hydrogen (secondary N) is 1. The van der Waals surface area contributed by atoms with E-state index in [1.807, 2.05) is 0 Å². The van der Waals surface area contributed by atoms with E-state index in [1.54, 1.807) is 19.9 Å². The summed E-state index contributed by atoms with van der Waals surface area (Å²) >= 11 is 1.01. The fourth-order valence-electron chi connectivity index (χ4n) is 1.41. The van der Waals surface area contributed by atoms with Crippen molar-refractivity contribution < 1.29 is 19.2 Å². The number of amides is 1. The quantitative estimate of drug-likeness (QED) is 0.889. The molecule has 2 aromatic heterocycles. The molecule has 2 heterocycles. The average Bonchev–Trinajstić information content (AvgIpc) is 2.85. The summed E-state index contributed by atoms with van der Waals surface area (Å²) in [5, 5.41) is 15.5. The van der Waals surface area contributed by atoms with E-state index in [0.717, 1.165) is 11.3 Å². The van der Waals surface area contributed by atoms with E-state index >= 15 is 0 Å². The van der Waals surface area contributed by atoms with Gasteiger partial charge in [-0.25, -0.2) is 4.79 Å². The molecule has 1 amide bonds. The van der Waals surface area contributed by atoms with E-state index in [-0.39, 0.29) is 10.6 Å². The van der Waals surface area contributed by atoms with Crippen molar-refractivity contribution in [1.29, 1.82) is 0 Å². The van der Waals surface area contributed by atoms with Gasteiger partial charge in [0.1, 0.15) is 10.6 Å². The van der Waals surface area contributed by atoms with Crippen molar-refractivity contribution in [3.8, 4) is 0 Å². The molecular weight excluding hydrogens is 256 g/mol. The number of nitrogens with zero attached hydrogens (tertiary/aromatic N) is 1. The number of carbonyl (C=O) groups is 2. The predicted octanol–water partition coefficient (Wildman–Crippen LogP) is 2.30. The van der Waals surface area contributed by atoms with E-state index in [9.17, 15) is 9.59 Å². The van der Waals surface area contributed by atoms with E-state index in [4.69, 9.17) is 9.63 Å². The van der Waals surface area contributed by atoms with Crippen LogP contribution in [0.3, 0.4) is 0 Å². The van der Waals surface area contributed by atoms with Crippen LogP contribution in [0.15, 0.2) is 16.7 Å². The standard InChI is InChI=1S/C11H10N2O4S/c1-5-3-8(18-9(5)11(15)16)12-10(14)7-4-6(2)17-13-7/h3-4H,1-2H3,(H,12,14)(H,15,16). The normalized spacial score (nSPS) is 10.3. The third-order valence-corrected chi connectivity index (χ3v) is 3.35. The summed E-state index contributed by atoms with van der Waals surface area (Å²) in [4.78, 5) is 22.8. The highest BCUT2D eigenvalue weighted by Crippen LogP contribution is 2.26. The number of anilines is 1. The van der Waals surface area contributed by atoms with Crippen LogP contribution in [0.25, 0.3) is 0 Å². The fourth-order valence-corrected chi connectivity index (χ4v) is 2.31. The molecule has 0 saturated carbocycles. The zero-order chi connectivity index (χ0) is 13.3. The number of aromatic nitrogens is 1. The second-order valence-corrected chi connectivity index (χ2v) is 4.76. The van der Waals surface area contributed by atoms with Crippen molar-refractivity contribution in [3.05, 3.63) is 34.0 Å². The number of hydrogen-bond acceptors (Lipinski definition) is 5. The number of carboxylic acid groups (broad SMARTS) is 1. The Hall–Kier alpha value is -2.15. The van der Waals surface area contributed by atoms with Gasteiger partial charge in [-0.3, -0.25) is 4.79 Å². The Kier molecular flexibility index (Phi) is 3.15. The number of hydrogen-bond donors (Lipinski definition) is 2. The summed E-state index contributed by atoms with van der Waals surface area (Å²) < 4.78 is 4.79. The molecule has 0 aliphatic heterocycles. The van der Waals surface area contributed by atoms with Gasteiger partial charge >= 0.3 is 5.97 Å². The summed E-state index contributed by atoms with van der Waals surface area (Å²) in [6.07, 6.45) is 0. The zero-order valence-corrected chi connectivity index (χ0v) is 10.5. The SMILES string of the molecule is Cc1cc(C(=O)Nc2cc(C)c(C(=O)O)s2)no1. The van der Waals surface area contributed by atoms with E-state index in [2.05, 4.69) is 10.5 Å². The first-order valence-electron chi connectivity index (χ1n) is 5.06. The molecule has 7 heteroatoms. The first-order chi connectivity index (χ1) is 8.47. The van der Waals surface area contributed by atoms with Crippen molar-refractivity contribution in [2.45, 2.75) is 13.8 Å². The maximum absolute atomic E-state index is 11.7. The number of aryl methyl sites for hydroxylation is 2. The van der Waals surface area contributed by atoms with Crippen LogP contribution in [0.5, 0.6) is 0 Å². The van der Waals surface area contributed by atoms with Crippen LogP contribution in [0.4, 0.5) is 5.00 Å². The lowest BCUT2D eigenvalue weighted by atomic mass is 10.3. The molecule has 6 nitrogen and oxygen atoms in total. The molecule has 0 saturated heterocycles. The summed E-state index contributed by atoms with van der Waals surface area (Å²) in [7, 11) is 0. The lowest BCUT2D eigenvalue weighted by Gasteiger charge is -1.96. The second-order valence-electron chi connectivity index (χ2n) is 3.70. The minimum atomic E-state index is -1.00. The molecule has 2 N–H and O–H groups in total. The Bertz CT molecular complexity index is 614. The zero-order valence-electron chi connectivity index (χ0n) is 9.68. The number of carboxylic acids is 1. The van der Waals surface area contributed by atoms with E-state index < -0.39 is 11.9 Å². The van der Waals surface area contributed by atoms with Crippen LogP contribution in [0, 0.1) is 13.8 Å². The van der Waals surface area contributed by atoms with Gasteiger partial charge in [0.05, 0.1) is 5.00 Å². The van der Waals surface area contributed by atoms with Crippen LogP contribution >= 0.6 is 11.3 Å². The third-order valence-electron chi connectivity index (χ3n) is 2.21. The smallest absolute Gasteiger partial charge is 0.346 e. The Morgan fingerprint density at radius 1 is 1.39 bits per heavy atom. The summed E-state index contributed by atoms with van der Waals surface area (Å²) in [5.74, 6) is -0.894. The largest absolute Gasteiger partial charge is 0.477 e. The van der Waals surface area contributed by atoms with Gasteiger partial charge in [0.25, 0.3) is 5.91 Å². The van der Waals surface area contributed by atoms with Gasteiger partial charge in [-0.15, -0.1) is 11.3 Å². The highest BCUT2D eigenvalue weighted by atomic mass is 32.1. The molecular formula is C11H10N2O4S. The summed E-state index contributed by atoms with van der Waals surface area (Å²) in [5.41, 5.74) is 0.773. The van der Waals surface area contributed by atoms with Crippen LogP contribution in [0.1, 0.15) is 31.5 Å². The number of carbonyl (C=O) groups excluding carboxylic acids is 1. The minimum absolute atomic E-state index is 0.162. The number of aromatic carboxylic acids is 1. The monoisotopic (exact) mass is 266 g/mol. The van der Waals surface area contributed by atoms with Gasteiger partial charge in [-0.1, -0.05) is 5.16 Å². The van der Waals surface area contributed by atoms with Gasteiger partial charge in [-0.2, -0.15) is 0 Å². The third kappa shape index (κ3) is 2.40. The van der Waals surface area contributed by atoms with Crippen molar-refractivity contribution in [2.24, 2.45) is 0 Å². The van der Waals surface area contributed by atoms with E-state index in [0.29, 0.717) is 16.3 Å². The van der Waals surface area contributed by atoms with Crippen molar-refractivity contribution in [3.63, 3.8) is 0 Å². The first kappa shape index (κ1) is 12.3. The predicted molar refractivity (Wildman–Crippen MR) is 65.2 cm³/mol. The van der Waals surface area contributed by atoms with Gasteiger partial charge in [-0.05, 0) is 25.5 Å². The van der Waals surface area contributed by atoms with E-state index in [1.165, 1.54) is 6.07 Å². The van der Waals surface area contributed by atoms with Crippen LogP contribution in [-0.2, 0) is 0 Å². The topological polar surface area (TPSA) is 92.4 Å². The number of thiophene rings is 1. The molecule has 94 valence electrons. The second kappa shape index (κ2) is 4.61. The van der Waals surface area contributed by atoms with Crippen molar-refractivity contribution >= 4 is 28.2 Å². The molecule has 2 rings (SSSR count). The summed E-state index contributed by atoms with van der Waals surface area (Å²) in [6.45, 7) is 3.36. The minimum Gasteiger partial charge on any atom is -0.477 e. The molecule has 0 fully saturated rings. The lowest BCUT2D eigenvalue weighted by molar-refractivity contribution is 0.0701. The maximum atomic E-state index is 11.7. The van der Waals surface area contributed by atoms with Gasteiger partial charge in [0.15, 0.2) is 5.69 Å². The van der Waals surface area contributed by atoms with Crippen molar-refractivity contribution in [1.82, 2.24) is 5.16 Å². The molecule has 0 aliphatic rings. The van der Waals surface area contributed by atoms with Crippen LogP contribution < -0.4 is 5.32 Å². The van der Waals surface area contributed by atoms with Crippen LogP contribution in [0.2, 0.25) is 0 Å². The molecule has 0 atom stereocenters. The molecule has 2 aromatic rings. The van der Waals surface area contributed by atoms with Gasteiger partial charge < -0.3 is 14.9 Å². The maximum Gasteiger partial charge on any atom is 0.346 e. The molecule has 18 heavy (non-hydrogen) atoms. The highest BCUT2D eigenvalue weighted by molar-refractivity contribution is 7.18. The number of rotatable bonds is 3. The molecule has 0 spiro atoms. The highest BCUT2D eigenvalue weighted by Gasteiger charge is 2.16. The molecule has 0 unspecified atom stereocenters. The van der Waals surface area contributed by atoms with Crippen LogP contribution in [-0.4, -0.2) is 22.1 Å². The molecule has 0 aromatic carbocycles. The molecule has 0 bridgehead atoms. The fraction of sp³-hybridized carbons (Fsp3) is 0.182. The Labute approximate surface area is 106 Å². The lowest BCUT2D eigenvalue weighted by Crippen LogP contribution is -2.10.